The minimum absolute atomic E-state index is 0.144. The minimum atomic E-state index is -0.729. The number of para-hydroxylation sites is 1. The Kier molecular flexibility index (Phi) is 5.11. The third kappa shape index (κ3) is 4.19. The smallest absolute Gasteiger partial charge is 0.313 e. The van der Waals surface area contributed by atoms with Gasteiger partial charge in [0, 0.05) is 12.8 Å². The summed E-state index contributed by atoms with van der Waals surface area (Å²) in [6.07, 6.45) is 1.08. The van der Waals surface area contributed by atoms with Crippen LogP contribution in [-0.4, -0.2) is 25.5 Å². The second kappa shape index (κ2) is 7.25. The van der Waals surface area contributed by atoms with Gasteiger partial charge in [-0.25, -0.2) is 0 Å². The van der Waals surface area contributed by atoms with Gasteiger partial charge in [0.05, 0.1) is 12.8 Å². The molecule has 0 saturated heterocycles. The number of amides is 2. The number of anilines is 1. The Balaban J connectivity index is 1.85. The quantitative estimate of drug-likeness (QED) is 0.821. The summed E-state index contributed by atoms with van der Waals surface area (Å²) in [5.41, 5.74) is 0.562. The van der Waals surface area contributed by atoms with Crippen molar-refractivity contribution in [2.45, 2.75) is 6.10 Å². The zero-order valence-electron chi connectivity index (χ0n) is 11.5. The van der Waals surface area contributed by atoms with Crippen LogP contribution >= 0.6 is 0 Å². The summed E-state index contributed by atoms with van der Waals surface area (Å²) >= 11 is 0. The molecule has 2 amide bonds. The predicted octanol–water partition coefficient (Wildman–Crippen LogP) is 1.72. The molecule has 1 aromatic heterocycles. The highest BCUT2D eigenvalue weighted by Gasteiger charge is 2.18. The lowest BCUT2D eigenvalue weighted by Gasteiger charge is -2.13. The van der Waals surface area contributed by atoms with E-state index in [0.717, 1.165) is 0 Å². The van der Waals surface area contributed by atoms with Crippen molar-refractivity contribution < 1.29 is 18.7 Å². The van der Waals surface area contributed by atoms with Gasteiger partial charge in [-0.3, -0.25) is 9.59 Å². The monoisotopic (exact) mass is 288 g/mol. The number of carbonyl (C=O) groups is 2. The number of nitrogens with one attached hydrogen (secondary N) is 2. The Hall–Kier alpha value is -2.60. The zero-order valence-corrected chi connectivity index (χ0v) is 11.5. The molecule has 0 fully saturated rings. The van der Waals surface area contributed by atoms with E-state index >= 15 is 0 Å². The fourth-order valence-electron chi connectivity index (χ4n) is 1.75. The van der Waals surface area contributed by atoms with Crippen molar-refractivity contribution in [1.82, 2.24) is 5.32 Å². The lowest BCUT2D eigenvalue weighted by atomic mass is 10.2. The SMILES string of the molecule is CO[C@@H](CNC(=O)C(=O)Nc1ccccc1)c1ccco1. The molecule has 0 bridgehead atoms. The van der Waals surface area contributed by atoms with Crippen LogP contribution in [0.4, 0.5) is 5.69 Å². The number of ether oxygens (including phenoxy) is 1. The first-order valence-corrected chi connectivity index (χ1v) is 6.41. The molecule has 0 aliphatic carbocycles. The van der Waals surface area contributed by atoms with Gasteiger partial charge in [-0.05, 0) is 24.3 Å². The van der Waals surface area contributed by atoms with E-state index in [-0.39, 0.29) is 6.54 Å². The summed E-state index contributed by atoms with van der Waals surface area (Å²) in [7, 11) is 1.50. The van der Waals surface area contributed by atoms with E-state index in [4.69, 9.17) is 9.15 Å². The van der Waals surface area contributed by atoms with Gasteiger partial charge in [-0.15, -0.1) is 0 Å². The summed E-state index contributed by atoms with van der Waals surface area (Å²) in [5, 5.41) is 5.01. The van der Waals surface area contributed by atoms with Crippen LogP contribution in [-0.2, 0) is 14.3 Å². The van der Waals surface area contributed by atoms with Crippen LogP contribution in [0.25, 0.3) is 0 Å². The molecule has 0 radical (unpaired) electrons. The van der Waals surface area contributed by atoms with Crippen molar-refractivity contribution in [3.8, 4) is 0 Å². The summed E-state index contributed by atoms with van der Waals surface area (Å²) < 4.78 is 10.4. The van der Waals surface area contributed by atoms with Gasteiger partial charge in [-0.1, -0.05) is 18.2 Å². The number of rotatable bonds is 5. The zero-order chi connectivity index (χ0) is 15.1. The molecule has 2 rings (SSSR count). The van der Waals surface area contributed by atoms with Crippen molar-refractivity contribution in [2.24, 2.45) is 0 Å². The number of methoxy groups -OCH3 is 1. The van der Waals surface area contributed by atoms with Gasteiger partial charge >= 0.3 is 11.8 Å². The third-order valence-corrected chi connectivity index (χ3v) is 2.83. The highest BCUT2D eigenvalue weighted by Crippen LogP contribution is 2.15. The lowest BCUT2D eigenvalue weighted by Crippen LogP contribution is -2.37. The molecule has 21 heavy (non-hydrogen) atoms. The van der Waals surface area contributed by atoms with E-state index < -0.39 is 17.9 Å². The second-order valence-electron chi connectivity index (χ2n) is 4.27. The van der Waals surface area contributed by atoms with Crippen molar-refractivity contribution in [3.05, 3.63) is 54.5 Å². The van der Waals surface area contributed by atoms with E-state index in [2.05, 4.69) is 10.6 Å². The number of carbonyl (C=O) groups excluding carboxylic acids is 2. The number of benzene rings is 1. The maximum atomic E-state index is 11.7. The van der Waals surface area contributed by atoms with Crippen LogP contribution < -0.4 is 10.6 Å². The van der Waals surface area contributed by atoms with Crippen LogP contribution in [0.15, 0.2) is 53.1 Å². The molecule has 0 saturated carbocycles. The molecular formula is C15H16N2O4. The molecule has 1 aromatic carbocycles. The van der Waals surface area contributed by atoms with Crippen molar-refractivity contribution >= 4 is 17.5 Å². The summed E-state index contributed by atoms with van der Waals surface area (Å²) in [6.45, 7) is 0.144. The molecule has 2 aromatic rings. The van der Waals surface area contributed by atoms with Crippen molar-refractivity contribution in [3.63, 3.8) is 0 Å². The summed E-state index contributed by atoms with van der Waals surface area (Å²) in [5.74, 6) is -0.871. The van der Waals surface area contributed by atoms with Gasteiger partial charge in [0.1, 0.15) is 11.9 Å². The van der Waals surface area contributed by atoms with E-state index in [1.54, 1.807) is 36.4 Å². The Morgan fingerprint density at radius 1 is 1.14 bits per heavy atom. The molecular weight excluding hydrogens is 272 g/mol. The first-order valence-electron chi connectivity index (χ1n) is 6.41. The topological polar surface area (TPSA) is 80.6 Å². The van der Waals surface area contributed by atoms with E-state index in [1.165, 1.54) is 13.4 Å². The molecule has 0 spiro atoms. The fraction of sp³-hybridized carbons (Fsp3) is 0.200. The average molecular weight is 288 g/mol. The van der Waals surface area contributed by atoms with Crippen molar-refractivity contribution in [2.75, 3.05) is 19.0 Å². The van der Waals surface area contributed by atoms with Gasteiger partial charge in [0.15, 0.2) is 0 Å². The van der Waals surface area contributed by atoms with Crippen LogP contribution in [0.3, 0.4) is 0 Å². The Bertz CT molecular complexity index is 581. The van der Waals surface area contributed by atoms with Crippen LogP contribution in [0.2, 0.25) is 0 Å². The van der Waals surface area contributed by atoms with Gasteiger partial charge in [-0.2, -0.15) is 0 Å². The third-order valence-electron chi connectivity index (χ3n) is 2.83. The first-order chi connectivity index (χ1) is 10.2. The average Bonchev–Trinajstić information content (AvgIpc) is 3.03. The maximum absolute atomic E-state index is 11.7. The van der Waals surface area contributed by atoms with Gasteiger partial charge in [0.25, 0.3) is 0 Å². The van der Waals surface area contributed by atoms with Crippen LogP contribution in [0, 0.1) is 0 Å². The standard InChI is InChI=1S/C15H16N2O4/c1-20-13(12-8-5-9-21-12)10-16-14(18)15(19)17-11-6-3-2-4-7-11/h2-9,13H,10H2,1H3,(H,16,18)(H,17,19)/t13-/m0/s1. The molecule has 6 heteroatoms. The first kappa shape index (κ1) is 14.8. The highest BCUT2D eigenvalue weighted by atomic mass is 16.5. The fourth-order valence-corrected chi connectivity index (χ4v) is 1.75. The summed E-state index contributed by atoms with van der Waals surface area (Å²) in [4.78, 5) is 23.4. The van der Waals surface area contributed by atoms with Crippen molar-refractivity contribution in [1.29, 1.82) is 0 Å². The molecule has 0 unspecified atom stereocenters. The molecule has 6 nitrogen and oxygen atoms in total. The number of furan rings is 1. The minimum Gasteiger partial charge on any atom is -0.467 e. The Morgan fingerprint density at radius 3 is 2.52 bits per heavy atom. The number of hydrogen-bond donors (Lipinski definition) is 2. The van der Waals surface area contributed by atoms with Gasteiger partial charge < -0.3 is 19.8 Å². The Morgan fingerprint density at radius 2 is 1.90 bits per heavy atom. The summed E-state index contributed by atoms with van der Waals surface area (Å²) in [6, 6.07) is 12.2. The van der Waals surface area contributed by atoms with E-state index in [9.17, 15) is 9.59 Å². The van der Waals surface area contributed by atoms with E-state index in [1.807, 2.05) is 6.07 Å². The van der Waals surface area contributed by atoms with E-state index in [0.29, 0.717) is 11.4 Å². The molecule has 0 aliphatic heterocycles. The number of hydrogen-bond acceptors (Lipinski definition) is 4. The largest absolute Gasteiger partial charge is 0.467 e. The van der Waals surface area contributed by atoms with Crippen LogP contribution in [0.5, 0.6) is 0 Å². The normalized spacial score (nSPS) is 11.7. The van der Waals surface area contributed by atoms with Crippen LogP contribution in [0.1, 0.15) is 11.9 Å². The molecule has 110 valence electrons. The highest BCUT2D eigenvalue weighted by molar-refractivity contribution is 6.39. The maximum Gasteiger partial charge on any atom is 0.313 e. The molecule has 1 heterocycles. The Labute approximate surface area is 122 Å². The molecule has 2 N–H and O–H groups in total. The van der Waals surface area contributed by atoms with Gasteiger partial charge in [0.2, 0.25) is 0 Å². The second-order valence-corrected chi connectivity index (χ2v) is 4.27. The molecule has 0 aliphatic rings. The lowest BCUT2D eigenvalue weighted by molar-refractivity contribution is -0.136. The molecule has 1 atom stereocenters. The predicted molar refractivity (Wildman–Crippen MR) is 76.5 cm³/mol.